The Morgan fingerprint density at radius 2 is 1.86 bits per heavy atom. The van der Waals surface area contributed by atoms with Crippen LogP contribution in [-0.4, -0.2) is 45.2 Å². The molecule has 0 bridgehead atoms. The summed E-state index contributed by atoms with van der Waals surface area (Å²) in [4.78, 5) is 10.9. The molecule has 0 rings (SSSR count). The predicted octanol–water partition coefficient (Wildman–Crippen LogP) is -1.79. The zero-order chi connectivity index (χ0) is 10.5. The molecular weight excluding hydrogens is 202 g/mol. The minimum atomic E-state index is -0.290. The van der Waals surface area contributed by atoms with E-state index in [-0.39, 0.29) is 18.4 Å². The van der Waals surface area contributed by atoms with Crippen LogP contribution in [0.3, 0.4) is 0 Å². The monoisotopic (exact) mass is 221 g/mol. The topological polar surface area (TPSA) is 26.3 Å². The van der Waals surface area contributed by atoms with Gasteiger partial charge < -0.3 is 21.6 Å². The fourth-order valence-electron chi connectivity index (χ4n) is 1.01. The molecule has 84 valence electrons. The van der Waals surface area contributed by atoms with Crippen molar-refractivity contribution >= 4 is 5.97 Å². The molecule has 0 amide bonds. The highest BCUT2D eigenvalue weighted by molar-refractivity contribution is 5.87. The van der Waals surface area contributed by atoms with Crippen molar-refractivity contribution in [2.24, 2.45) is 0 Å². The molecule has 14 heavy (non-hydrogen) atoms. The van der Waals surface area contributed by atoms with Crippen LogP contribution in [0.15, 0.2) is 12.2 Å². The van der Waals surface area contributed by atoms with Gasteiger partial charge in [-0.2, -0.15) is 0 Å². The first-order chi connectivity index (χ1) is 5.87. The van der Waals surface area contributed by atoms with E-state index in [1.807, 2.05) is 0 Å². The van der Waals surface area contributed by atoms with Crippen LogP contribution in [0, 0.1) is 0 Å². The Morgan fingerprint density at radius 1 is 1.36 bits per heavy atom. The number of carbonyl (C=O) groups excluding carboxylic acids is 1. The molecule has 0 atom stereocenters. The fraction of sp³-hybridized carbons (Fsp3) is 0.700. The summed E-state index contributed by atoms with van der Waals surface area (Å²) in [5.41, 5.74) is 0.566. The predicted molar refractivity (Wildman–Crippen MR) is 53.3 cm³/mol. The number of nitrogens with zero attached hydrogens (tertiary/aromatic N) is 1. The zero-order valence-electron chi connectivity index (χ0n) is 9.47. The van der Waals surface area contributed by atoms with E-state index in [1.165, 1.54) is 7.11 Å². The maximum Gasteiger partial charge on any atom is 0.333 e. The largest absolute Gasteiger partial charge is 1.00 e. The molecule has 0 heterocycles. The lowest BCUT2D eigenvalue weighted by atomic mass is 10.1. The highest BCUT2D eigenvalue weighted by Gasteiger charge is 2.10. The van der Waals surface area contributed by atoms with Gasteiger partial charge in [0.2, 0.25) is 0 Å². The standard InChI is InChI=1S/C10H20NO2.ClH/c1-9(10(12)13-5)7-6-8-11(2,3)4;/h1,6-8H2,2-5H3;1H/q+1;/p-1. The van der Waals surface area contributed by atoms with Crippen molar-refractivity contribution in [1.29, 1.82) is 0 Å². The van der Waals surface area contributed by atoms with Gasteiger partial charge in [-0.05, 0) is 6.42 Å². The van der Waals surface area contributed by atoms with Crippen molar-refractivity contribution in [2.45, 2.75) is 12.8 Å². The number of carbonyl (C=O) groups is 1. The molecule has 0 unspecified atom stereocenters. The van der Waals surface area contributed by atoms with Gasteiger partial charge in [0.05, 0.1) is 34.8 Å². The molecule has 0 aliphatic heterocycles. The van der Waals surface area contributed by atoms with Gasteiger partial charge in [0.25, 0.3) is 0 Å². The Hall–Kier alpha value is -0.540. The van der Waals surface area contributed by atoms with Gasteiger partial charge in [0.1, 0.15) is 0 Å². The normalized spacial score (nSPS) is 10.3. The van der Waals surface area contributed by atoms with Gasteiger partial charge in [-0.15, -0.1) is 0 Å². The van der Waals surface area contributed by atoms with Crippen molar-refractivity contribution in [2.75, 3.05) is 34.8 Å². The maximum atomic E-state index is 10.9. The molecule has 0 aliphatic carbocycles. The zero-order valence-corrected chi connectivity index (χ0v) is 10.2. The van der Waals surface area contributed by atoms with E-state index in [0.717, 1.165) is 23.9 Å². The Bertz CT molecular complexity index is 197. The van der Waals surface area contributed by atoms with Crippen molar-refractivity contribution in [3.8, 4) is 0 Å². The number of ether oxygens (including phenoxy) is 1. The first-order valence-corrected chi connectivity index (χ1v) is 4.43. The van der Waals surface area contributed by atoms with Gasteiger partial charge in [0, 0.05) is 12.0 Å². The number of quaternary nitrogens is 1. The Labute approximate surface area is 92.7 Å². The van der Waals surface area contributed by atoms with E-state index < -0.39 is 0 Å². The van der Waals surface area contributed by atoms with Crippen LogP contribution in [0.2, 0.25) is 0 Å². The number of hydrogen-bond acceptors (Lipinski definition) is 2. The van der Waals surface area contributed by atoms with Crippen LogP contribution in [-0.2, 0) is 9.53 Å². The summed E-state index contributed by atoms with van der Waals surface area (Å²) in [5.74, 6) is -0.290. The van der Waals surface area contributed by atoms with Gasteiger partial charge in [-0.25, -0.2) is 4.79 Å². The molecule has 3 nitrogen and oxygen atoms in total. The van der Waals surface area contributed by atoms with E-state index >= 15 is 0 Å². The smallest absolute Gasteiger partial charge is 0.333 e. The molecule has 0 aromatic carbocycles. The number of halogens is 1. The first-order valence-electron chi connectivity index (χ1n) is 4.43. The number of hydrogen-bond donors (Lipinski definition) is 0. The van der Waals surface area contributed by atoms with Crippen LogP contribution < -0.4 is 12.4 Å². The van der Waals surface area contributed by atoms with Crippen LogP contribution in [0.1, 0.15) is 12.8 Å². The van der Waals surface area contributed by atoms with Gasteiger partial charge in [0.15, 0.2) is 0 Å². The summed E-state index contributed by atoms with van der Waals surface area (Å²) >= 11 is 0. The Kier molecular flexibility index (Phi) is 7.78. The summed E-state index contributed by atoms with van der Waals surface area (Å²) in [5, 5.41) is 0. The third kappa shape index (κ3) is 8.08. The summed E-state index contributed by atoms with van der Waals surface area (Å²) in [6.45, 7) is 4.70. The second-order valence-electron chi connectivity index (χ2n) is 4.21. The van der Waals surface area contributed by atoms with E-state index in [4.69, 9.17) is 0 Å². The summed E-state index contributed by atoms with van der Waals surface area (Å²) < 4.78 is 5.46. The average Bonchev–Trinajstić information content (AvgIpc) is 2.00. The van der Waals surface area contributed by atoms with Crippen molar-refractivity contribution in [3.05, 3.63) is 12.2 Å². The van der Waals surface area contributed by atoms with Crippen LogP contribution in [0.5, 0.6) is 0 Å². The Balaban J connectivity index is 0. The number of esters is 1. The molecule has 0 saturated heterocycles. The van der Waals surface area contributed by atoms with Gasteiger partial charge >= 0.3 is 5.97 Å². The van der Waals surface area contributed by atoms with E-state index in [1.54, 1.807) is 0 Å². The van der Waals surface area contributed by atoms with Crippen LogP contribution >= 0.6 is 0 Å². The van der Waals surface area contributed by atoms with Gasteiger partial charge in [-0.1, -0.05) is 6.58 Å². The molecule has 0 radical (unpaired) electrons. The highest BCUT2D eigenvalue weighted by Crippen LogP contribution is 2.06. The van der Waals surface area contributed by atoms with Crippen molar-refractivity contribution in [1.82, 2.24) is 0 Å². The van der Waals surface area contributed by atoms with Gasteiger partial charge in [-0.3, -0.25) is 0 Å². The third-order valence-electron chi connectivity index (χ3n) is 1.78. The lowest BCUT2D eigenvalue weighted by molar-refractivity contribution is -0.870. The lowest BCUT2D eigenvalue weighted by Crippen LogP contribution is -3.00. The maximum absolute atomic E-state index is 10.9. The molecule has 0 spiro atoms. The molecule has 0 aromatic rings. The lowest BCUT2D eigenvalue weighted by Gasteiger charge is -2.23. The molecule has 4 heteroatoms. The van der Waals surface area contributed by atoms with Crippen molar-refractivity contribution < 1.29 is 26.4 Å². The van der Waals surface area contributed by atoms with E-state index in [2.05, 4.69) is 32.5 Å². The highest BCUT2D eigenvalue weighted by atomic mass is 35.5. The van der Waals surface area contributed by atoms with Crippen molar-refractivity contribution in [3.63, 3.8) is 0 Å². The quantitative estimate of drug-likeness (QED) is 0.311. The number of rotatable bonds is 5. The molecule has 0 saturated carbocycles. The minimum Gasteiger partial charge on any atom is -1.00 e. The molecule has 0 N–H and O–H groups in total. The minimum absolute atomic E-state index is 0. The Morgan fingerprint density at radius 3 is 2.21 bits per heavy atom. The second kappa shape index (κ2) is 6.85. The summed E-state index contributed by atoms with van der Waals surface area (Å²) in [7, 11) is 7.76. The molecule has 0 fully saturated rings. The van der Waals surface area contributed by atoms with E-state index in [0.29, 0.717) is 5.57 Å². The number of methoxy groups -OCH3 is 1. The SMILES string of the molecule is C=C(CCC[N+](C)(C)C)C(=O)OC.[Cl-]. The fourth-order valence-corrected chi connectivity index (χ4v) is 1.01. The first kappa shape index (κ1) is 15.9. The average molecular weight is 222 g/mol. The summed E-state index contributed by atoms with van der Waals surface area (Å²) in [6.07, 6.45) is 1.69. The molecule has 0 aromatic heterocycles. The van der Waals surface area contributed by atoms with Crippen LogP contribution in [0.25, 0.3) is 0 Å². The second-order valence-corrected chi connectivity index (χ2v) is 4.21. The molecule has 0 aliphatic rings. The summed E-state index contributed by atoms with van der Waals surface area (Å²) in [6, 6.07) is 0. The molecular formula is C10H20ClNO2. The van der Waals surface area contributed by atoms with E-state index in [9.17, 15) is 4.79 Å². The third-order valence-corrected chi connectivity index (χ3v) is 1.78. The van der Waals surface area contributed by atoms with Crippen LogP contribution in [0.4, 0.5) is 0 Å².